The Balaban J connectivity index is 4.25. The van der Waals surface area contributed by atoms with E-state index in [1.165, 1.54) is 0 Å². The molecule has 0 aromatic rings. The van der Waals surface area contributed by atoms with Crippen LogP contribution >= 0.6 is 0 Å². The zero-order chi connectivity index (χ0) is 22.4. The molecule has 0 aliphatic heterocycles. The standard InChI is InChI=1S/C14H23N7O8/c15-2-9(23)21-7(1-8(16)22)14(29)20-5-12(26)18-3-10(24)17-4-11(25)19-6-13(27)28/h7H,1-6,15H2,(H2,16,22)(H,17,24)(H,18,26)(H,19,25)(H,20,29)(H,21,23)(H,27,28)/t7-/m0/s1. The fraction of sp³-hybridized carbons (Fsp3) is 0.500. The zero-order valence-corrected chi connectivity index (χ0v) is 15.3. The second kappa shape index (κ2) is 13.4. The summed E-state index contributed by atoms with van der Waals surface area (Å²) in [5, 5.41) is 19.0. The number of hydrogen-bond acceptors (Lipinski definition) is 8. The molecule has 15 heteroatoms. The van der Waals surface area contributed by atoms with Crippen LogP contribution in [0.1, 0.15) is 6.42 Å². The predicted molar refractivity (Wildman–Crippen MR) is 94.5 cm³/mol. The number of nitrogens with one attached hydrogen (secondary N) is 5. The van der Waals surface area contributed by atoms with Crippen molar-refractivity contribution in [1.29, 1.82) is 0 Å². The third-order valence-electron chi connectivity index (χ3n) is 2.99. The first-order valence-corrected chi connectivity index (χ1v) is 8.12. The Morgan fingerprint density at radius 3 is 1.59 bits per heavy atom. The minimum Gasteiger partial charge on any atom is -0.480 e. The molecule has 15 nitrogen and oxygen atoms in total. The van der Waals surface area contributed by atoms with Gasteiger partial charge in [0.2, 0.25) is 35.4 Å². The lowest BCUT2D eigenvalue weighted by Gasteiger charge is -2.16. The maximum Gasteiger partial charge on any atom is 0.322 e. The molecular weight excluding hydrogens is 394 g/mol. The van der Waals surface area contributed by atoms with Crippen molar-refractivity contribution in [3.05, 3.63) is 0 Å². The molecule has 0 saturated carbocycles. The summed E-state index contributed by atoms with van der Waals surface area (Å²) in [6, 6.07) is -1.32. The normalized spacial score (nSPS) is 10.8. The quantitative estimate of drug-likeness (QED) is 0.142. The van der Waals surface area contributed by atoms with E-state index in [1.807, 2.05) is 5.32 Å². The van der Waals surface area contributed by atoms with Crippen molar-refractivity contribution in [3.8, 4) is 0 Å². The first-order chi connectivity index (χ1) is 13.5. The van der Waals surface area contributed by atoms with Gasteiger partial charge in [0.15, 0.2) is 0 Å². The molecule has 1 atom stereocenters. The number of carbonyl (C=O) groups is 7. The fourth-order valence-electron chi connectivity index (χ4n) is 1.67. The number of carbonyl (C=O) groups excluding carboxylic acids is 6. The lowest BCUT2D eigenvalue weighted by atomic mass is 10.2. The Kier molecular flexibility index (Phi) is 11.7. The second-order valence-electron chi connectivity index (χ2n) is 5.44. The van der Waals surface area contributed by atoms with Crippen molar-refractivity contribution in [2.75, 3.05) is 32.7 Å². The van der Waals surface area contributed by atoms with Gasteiger partial charge < -0.3 is 43.2 Å². The Hall–Kier alpha value is -3.75. The van der Waals surface area contributed by atoms with Gasteiger partial charge in [-0.1, -0.05) is 0 Å². The molecule has 0 aliphatic carbocycles. The highest BCUT2D eigenvalue weighted by Crippen LogP contribution is 1.92. The molecular formula is C14H23N7O8. The van der Waals surface area contributed by atoms with Crippen LogP contribution in [0.2, 0.25) is 0 Å². The molecule has 0 radical (unpaired) electrons. The van der Waals surface area contributed by atoms with Gasteiger partial charge in [-0.15, -0.1) is 0 Å². The van der Waals surface area contributed by atoms with Gasteiger partial charge in [-0.25, -0.2) is 0 Å². The highest BCUT2D eigenvalue weighted by atomic mass is 16.4. The third kappa shape index (κ3) is 13.1. The molecule has 0 unspecified atom stereocenters. The molecule has 0 aromatic carbocycles. The first kappa shape index (κ1) is 25.2. The molecule has 0 spiro atoms. The number of amides is 6. The lowest BCUT2D eigenvalue weighted by Crippen LogP contribution is -2.52. The Morgan fingerprint density at radius 1 is 0.724 bits per heavy atom. The number of hydrogen-bond donors (Lipinski definition) is 8. The molecule has 0 heterocycles. The number of carboxylic acids is 1. The summed E-state index contributed by atoms with van der Waals surface area (Å²) in [6.45, 7) is -2.61. The van der Waals surface area contributed by atoms with Crippen molar-refractivity contribution in [1.82, 2.24) is 26.6 Å². The smallest absolute Gasteiger partial charge is 0.322 e. The maximum atomic E-state index is 11.9. The van der Waals surface area contributed by atoms with Crippen LogP contribution in [0.25, 0.3) is 0 Å². The van der Waals surface area contributed by atoms with E-state index in [0.717, 1.165) is 0 Å². The number of carboxylic acid groups (broad SMARTS) is 1. The average Bonchev–Trinajstić information content (AvgIpc) is 2.65. The highest BCUT2D eigenvalue weighted by Gasteiger charge is 2.22. The van der Waals surface area contributed by atoms with Crippen molar-refractivity contribution in [2.24, 2.45) is 11.5 Å². The average molecular weight is 417 g/mol. The minimum absolute atomic E-state index is 0.424. The van der Waals surface area contributed by atoms with Gasteiger partial charge in [0, 0.05) is 0 Å². The monoisotopic (exact) mass is 417 g/mol. The summed E-state index contributed by atoms with van der Waals surface area (Å²) >= 11 is 0. The van der Waals surface area contributed by atoms with E-state index in [4.69, 9.17) is 16.6 Å². The molecule has 0 fully saturated rings. The summed E-state index contributed by atoms with van der Waals surface area (Å²) in [5.41, 5.74) is 10.1. The van der Waals surface area contributed by atoms with E-state index in [9.17, 15) is 33.6 Å². The highest BCUT2D eigenvalue weighted by molar-refractivity contribution is 5.94. The van der Waals surface area contributed by atoms with Crippen LogP contribution in [0, 0.1) is 0 Å². The van der Waals surface area contributed by atoms with E-state index in [-0.39, 0.29) is 0 Å². The van der Waals surface area contributed by atoms with Gasteiger partial charge in [0.25, 0.3) is 0 Å². The SMILES string of the molecule is NCC(=O)N[C@@H](CC(N)=O)C(=O)NCC(=O)NCC(=O)NCC(=O)NCC(=O)O. The molecule has 29 heavy (non-hydrogen) atoms. The van der Waals surface area contributed by atoms with Crippen LogP contribution in [0.3, 0.4) is 0 Å². The summed E-state index contributed by atoms with van der Waals surface area (Å²) in [7, 11) is 0. The molecule has 0 aromatic heterocycles. The second-order valence-corrected chi connectivity index (χ2v) is 5.44. The molecule has 0 rings (SSSR count). The topological polar surface area (TPSA) is 252 Å². The fourth-order valence-corrected chi connectivity index (χ4v) is 1.67. The van der Waals surface area contributed by atoms with Gasteiger partial charge in [-0.2, -0.15) is 0 Å². The van der Waals surface area contributed by atoms with E-state index >= 15 is 0 Å². The van der Waals surface area contributed by atoms with Crippen LogP contribution < -0.4 is 38.1 Å². The first-order valence-electron chi connectivity index (χ1n) is 8.12. The zero-order valence-electron chi connectivity index (χ0n) is 15.3. The number of rotatable bonds is 13. The Bertz CT molecular complexity index is 666. The molecule has 6 amide bonds. The van der Waals surface area contributed by atoms with Crippen LogP contribution in [0.5, 0.6) is 0 Å². The van der Waals surface area contributed by atoms with E-state index in [2.05, 4.69) is 21.3 Å². The largest absolute Gasteiger partial charge is 0.480 e. The summed E-state index contributed by atoms with van der Waals surface area (Å²) in [4.78, 5) is 78.8. The Morgan fingerprint density at radius 2 is 1.17 bits per heavy atom. The van der Waals surface area contributed by atoms with Crippen LogP contribution in [-0.2, 0) is 33.6 Å². The molecule has 0 saturated heterocycles. The molecule has 10 N–H and O–H groups in total. The van der Waals surface area contributed by atoms with Crippen molar-refractivity contribution in [3.63, 3.8) is 0 Å². The van der Waals surface area contributed by atoms with Crippen LogP contribution in [0.15, 0.2) is 0 Å². The van der Waals surface area contributed by atoms with E-state index in [0.29, 0.717) is 0 Å². The van der Waals surface area contributed by atoms with Gasteiger partial charge in [-0.05, 0) is 0 Å². The van der Waals surface area contributed by atoms with E-state index in [1.54, 1.807) is 0 Å². The predicted octanol–water partition coefficient (Wildman–Crippen LogP) is -6.15. The Labute approximate surface area is 164 Å². The number of primary amides is 1. The van der Waals surface area contributed by atoms with Crippen molar-refractivity contribution < 1.29 is 38.7 Å². The van der Waals surface area contributed by atoms with Gasteiger partial charge in [-0.3, -0.25) is 33.6 Å². The summed E-state index contributed by atoms with van der Waals surface area (Å²) in [6.07, 6.45) is -0.508. The van der Waals surface area contributed by atoms with Crippen molar-refractivity contribution >= 4 is 41.4 Å². The molecule has 0 aliphatic rings. The summed E-state index contributed by atoms with van der Waals surface area (Å²) in [5.74, 6) is -5.93. The molecule has 162 valence electrons. The van der Waals surface area contributed by atoms with Gasteiger partial charge in [0.05, 0.1) is 32.6 Å². The molecule has 0 bridgehead atoms. The minimum atomic E-state index is -1.32. The maximum absolute atomic E-state index is 11.9. The van der Waals surface area contributed by atoms with Crippen molar-refractivity contribution in [2.45, 2.75) is 12.5 Å². The van der Waals surface area contributed by atoms with Crippen LogP contribution in [-0.4, -0.2) is 85.3 Å². The van der Waals surface area contributed by atoms with E-state index < -0.39 is 86.6 Å². The van der Waals surface area contributed by atoms with Gasteiger partial charge in [0.1, 0.15) is 12.6 Å². The lowest BCUT2D eigenvalue weighted by molar-refractivity contribution is -0.137. The van der Waals surface area contributed by atoms with Gasteiger partial charge >= 0.3 is 5.97 Å². The summed E-state index contributed by atoms with van der Waals surface area (Å²) < 4.78 is 0. The third-order valence-corrected chi connectivity index (χ3v) is 2.99. The number of nitrogens with two attached hydrogens (primary N) is 2. The van der Waals surface area contributed by atoms with Crippen LogP contribution in [0.4, 0.5) is 0 Å². The number of aliphatic carboxylic acids is 1.